The van der Waals surface area contributed by atoms with Gasteiger partial charge in [0.05, 0.1) is 22.8 Å². The van der Waals surface area contributed by atoms with Gasteiger partial charge in [-0.25, -0.2) is 18.9 Å². The number of alkyl halides is 3. The van der Waals surface area contributed by atoms with E-state index in [2.05, 4.69) is 0 Å². The molecule has 0 aliphatic heterocycles. The van der Waals surface area contributed by atoms with E-state index < -0.39 is 34.4 Å². The molecule has 0 spiro atoms. The first-order valence-corrected chi connectivity index (χ1v) is 13.0. The van der Waals surface area contributed by atoms with E-state index in [1.807, 2.05) is 5.43 Å². The van der Waals surface area contributed by atoms with E-state index in [4.69, 9.17) is 4.74 Å². The van der Waals surface area contributed by atoms with E-state index in [0.717, 1.165) is 0 Å². The number of sulfone groups is 1. The van der Waals surface area contributed by atoms with Crippen LogP contribution in [-0.4, -0.2) is 44.4 Å². The lowest BCUT2D eigenvalue weighted by Crippen LogP contribution is -2.42. The number of carboxylic acids is 1. The van der Waals surface area contributed by atoms with Crippen LogP contribution in [0.1, 0.15) is 23.5 Å². The zero-order valence-corrected chi connectivity index (χ0v) is 20.8. The Kier molecular flexibility index (Phi) is 9.48. The maximum atomic E-state index is 13.0. The first-order valence-electron chi connectivity index (χ1n) is 11.3. The van der Waals surface area contributed by atoms with Gasteiger partial charge in [0.25, 0.3) is 0 Å². The van der Waals surface area contributed by atoms with Crippen molar-refractivity contribution >= 4 is 27.9 Å². The SMILES string of the molecule is O=CN(NCC(F)(F)F)c1cccc(COc2ccc(S(=O)(=O)CC(CC(=O)O)c3ccccc3)cc2)c1. The summed E-state index contributed by atoms with van der Waals surface area (Å²) in [7, 11) is -3.82. The van der Waals surface area contributed by atoms with Crippen LogP contribution in [0, 0.1) is 0 Å². The Balaban J connectivity index is 1.66. The fourth-order valence-electron chi connectivity index (χ4n) is 3.64. The number of carbonyl (C=O) groups excluding carboxylic acids is 1. The highest BCUT2D eigenvalue weighted by molar-refractivity contribution is 7.91. The van der Waals surface area contributed by atoms with Crippen molar-refractivity contribution in [3.8, 4) is 5.75 Å². The molecular formula is C26H25F3N2O6S. The summed E-state index contributed by atoms with van der Waals surface area (Å²) < 4.78 is 69.0. The van der Waals surface area contributed by atoms with E-state index in [1.165, 1.54) is 36.4 Å². The van der Waals surface area contributed by atoms with E-state index in [1.54, 1.807) is 42.5 Å². The second-order valence-corrected chi connectivity index (χ2v) is 10.4. The Hall–Kier alpha value is -3.90. The summed E-state index contributed by atoms with van der Waals surface area (Å²) in [5.74, 6) is -1.87. The third kappa shape index (κ3) is 8.60. The van der Waals surface area contributed by atoms with E-state index in [0.29, 0.717) is 21.9 Å². The zero-order chi connectivity index (χ0) is 27.8. The third-order valence-corrected chi connectivity index (χ3v) is 7.28. The average molecular weight is 551 g/mol. The van der Waals surface area contributed by atoms with Crippen molar-refractivity contribution in [1.82, 2.24) is 5.43 Å². The molecule has 1 amide bonds. The molecule has 1 atom stereocenters. The maximum absolute atomic E-state index is 13.0. The molecule has 202 valence electrons. The Morgan fingerprint density at radius 3 is 2.32 bits per heavy atom. The van der Waals surface area contributed by atoms with Crippen LogP contribution in [0.15, 0.2) is 83.8 Å². The topological polar surface area (TPSA) is 113 Å². The number of carboxylic acid groups (broad SMARTS) is 1. The second-order valence-electron chi connectivity index (χ2n) is 8.34. The van der Waals surface area contributed by atoms with E-state index >= 15 is 0 Å². The van der Waals surface area contributed by atoms with Crippen LogP contribution in [0.5, 0.6) is 5.75 Å². The molecule has 0 saturated heterocycles. The van der Waals surface area contributed by atoms with E-state index in [-0.39, 0.29) is 35.8 Å². The Morgan fingerprint density at radius 2 is 1.71 bits per heavy atom. The van der Waals surface area contributed by atoms with Gasteiger partial charge in [-0.05, 0) is 47.5 Å². The van der Waals surface area contributed by atoms with Gasteiger partial charge >= 0.3 is 12.1 Å². The molecular weight excluding hydrogens is 525 g/mol. The molecule has 3 aromatic carbocycles. The molecule has 0 saturated carbocycles. The minimum Gasteiger partial charge on any atom is -0.489 e. The van der Waals surface area contributed by atoms with Gasteiger partial charge in [0.15, 0.2) is 9.84 Å². The number of anilines is 1. The predicted octanol–water partition coefficient (Wildman–Crippen LogP) is 4.33. The fourth-order valence-corrected chi connectivity index (χ4v) is 5.22. The molecule has 1 unspecified atom stereocenters. The van der Waals surface area contributed by atoms with Crippen molar-refractivity contribution in [2.24, 2.45) is 0 Å². The number of carbonyl (C=O) groups is 2. The van der Waals surface area contributed by atoms with Gasteiger partial charge in [-0.3, -0.25) is 9.59 Å². The van der Waals surface area contributed by atoms with Crippen LogP contribution in [0.25, 0.3) is 0 Å². The number of hydrogen-bond donors (Lipinski definition) is 2. The highest BCUT2D eigenvalue weighted by Gasteiger charge is 2.28. The summed E-state index contributed by atoms with van der Waals surface area (Å²) in [6.45, 7) is -1.38. The number of benzene rings is 3. The highest BCUT2D eigenvalue weighted by atomic mass is 32.2. The van der Waals surface area contributed by atoms with Gasteiger partial charge in [-0.1, -0.05) is 42.5 Å². The molecule has 0 aliphatic carbocycles. The van der Waals surface area contributed by atoms with Crippen LogP contribution in [0.2, 0.25) is 0 Å². The number of hydrogen-bond acceptors (Lipinski definition) is 6. The summed E-state index contributed by atoms with van der Waals surface area (Å²) in [6.07, 6.45) is -4.61. The molecule has 3 rings (SSSR count). The van der Waals surface area contributed by atoms with Gasteiger partial charge in [0, 0.05) is 5.92 Å². The number of nitrogens with one attached hydrogen (secondary N) is 1. The monoisotopic (exact) mass is 550 g/mol. The number of rotatable bonds is 13. The molecule has 3 aromatic rings. The molecule has 0 aromatic heterocycles. The van der Waals surface area contributed by atoms with Crippen molar-refractivity contribution in [3.63, 3.8) is 0 Å². The number of ether oxygens (including phenoxy) is 1. The maximum Gasteiger partial charge on any atom is 0.402 e. The van der Waals surface area contributed by atoms with Crippen molar-refractivity contribution < 1.29 is 41.0 Å². The van der Waals surface area contributed by atoms with Gasteiger partial charge in [0.1, 0.15) is 18.9 Å². The molecule has 12 heteroatoms. The van der Waals surface area contributed by atoms with Crippen LogP contribution in [-0.2, 0) is 26.0 Å². The van der Waals surface area contributed by atoms with Crippen molar-refractivity contribution in [2.45, 2.75) is 30.0 Å². The smallest absolute Gasteiger partial charge is 0.402 e. The standard InChI is InChI=1S/C26H25F3N2O6S/c27-26(28,29)17-30-31(18-32)22-8-4-5-19(13-22)15-37-23-9-11-24(12-10-23)38(35,36)16-21(14-25(33)34)20-6-2-1-3-7-20/h1-13,18,21,30H,14-17H2,(H,33,34). The summed E-state index contributed by atoms with van der Waals surface area (Å²) in [5.41, 5.74) is 3.34. The molecule has 0 radical (unpaired) electrons. The number of aliphatic carboxylic acids is 1. The van der Waals surface area contributed by atoms with Crippen LogP contribution >= 0.6 is 0 Å². The Morgan fingerprint density at radius 1 is 1.03 bits per heavy atom. The number of halogens is 3. The summed E-state index contributed by atoms with van der Waals surface area (Å²) >= 11 is 0. The number of amides is 1. The molecule has 0 heterocycles. The lowest BCUT2D eigenvalue weighted by atomic mass is 9.98. The second kappa shape index (κ2) is 12.6. The van der Waals surface area contributed by atoms with Crippen molar-refractivity contribution in [1.29, 1.82) is 0 Å². The first kappa shape index (κ1) is 28.7. The van der Waals surface area contributed by atoms with Crippen LogP contribution < -0.4 is 15.2 Å². The van der Waals surface area contributed by atoms with E-state index in [9.17, 15) is 36.3 Å². The fraction of sp³-hybridized carbons (Fsp3) is 0.231. The predicted molar refractivity (Wildman–Crippen MR) is 133 cm³/mol. The average Bonchev–Trinajstić information content (AvgIpc) is 2.87. The normalized spacial score (nSPS) is 12.5. The minimum atomic E-state index is -4.50. The molecule has 2 N–H and O–H groups in total. The molecule has 0 fully saturated rings. The van der Waals surface area contributed by atoms with Crippen LogP contribution in [0.3, 0.4) is 0 Å². The van der Waals surface area contributed by atoms with Gasteiger partial charge < -0.3 is 9.84 Å². The van der Waals surface area contributed by atoms with Crippen molar-refractivity contribution in [3.05, 3.63) is 90.0 Å². The van der Waals surface area contributed by atoms with Gasteiger partial charge in [-0.15, -0.1) is 0 Å². The van der Waals surface area contributed by atoms with Crippen molar-refractivity contribution in [2.75, 3.05) is 17.3 Å². The summed E-state index contributed by atoms with van der Waals surface area (Å²) in [6, 6.07) is 20.3. The molecule has 0 bridgehead atoms. The van der Waals surface area contributed by atoms with Gasteiger partial charge in [0.2, 0.25) is 6.41 Å². The van der Waals surface area contributed by atoms with Gasteiger partial charge in [-0.2, -0.15) is 13.2 Å². The largest absolute Gasteiger partial charge is 0.489 e. The highest BCUT2D eigenvalue weighted by Crippen LogP contribution is 2.26. The number of nitrogens with zero attached hydrogens (tertiary/aromatic N) is 1. The third-order valence-electron chi connectivity index (χ3n) is 5.44. The molecule has 0 aliphatic rings. The number of hydrazine groups is 1. The van der Waals surface area contributed by atoms with Crippen LogP contribution in [0.4, 0.5) is 18.9 Å². The molecule has 8 nitrogen and oxygen atoms in total. The quantitative estimate of drug-likeness (QED) is 0.241. The lowest BCUT2D eigenvalue weighted by Gasteiger charge is -2.20. The summed E-state index contributed by atoms with van der Waals surface area (Å²) in [4.78, 5) is 22.5. The lowest BCUT2D eigenvalue weighted by molar-refractivity contribution is -0.137. The zero-order valence-electron chi connectivity index (χ0n) is 20.0. The Labute approximate surface area is 217 Å². The molecule has 38 heavy (non-hydrogen) atoms. The first-order chi connectivity index (χ1) is 18.0. The minimum absolute atomic E-state index is 0.000593. The Bertz CT molecular complexity index is 1330. The summed E-state index contributed by atoms with van der Waals surface area (Å²) in [5, 5.41) is 9.95.